The van der Waals surface area contributed by atoms with E-state index in [4.69, 9.17) is 14.3 Å². The molecule has 31 heavy (non-hydrogen) atoms. The van der Waals surface area contributed by atoms with Gasteiger partial charge in [-0.1, -0.05) is 29.4 Å². The van der Waals surface area contributed by atoms with Gasteiger partial charge in [0.1, 0.15) is 19.0 Å². The summed E-state index contributed by atoms with van der Waals surface area (Å²) in [4.78, 5) is 15.6. The highest BCUT2D eigenvalue weighted by atomic mass is 19.1. The van der Waals surface area contributed by atoms with Crippen LogP contribution in [0.3, 0.4) is 0 Å². The summed E-state index contributed by atoms with van der Waals surface area (Å²) in [6, 6.07) is 17.6. The molecule has 0 heterocycles. The molecule has 0 aromatic heterocycles. The molecule has 0 amide bonds. The number of hydrogen-bond acceptors (Lipinski definition) is 6. The van der Waals surface area contributed by atoms with Gasteiger partial charge in [0.15, 0.2) is 11.5 Å². The van der Waals surface area contributed by atoms with E-state index >= 15 is 0 Å². The summed E-state index contributed by atoms with van der Waals surface area (Å²) in [6.07, 6.45) is 1.52. The molecule has 7 nitrogen and oxygen atoms in total. The van der Waals surface area contributed by atoms with Crippen molar-refractivity contribution in [2.24, 2.45) is 5.16 Å². The van der Waals surface area contributed by atoms with E-state index in [-0.39, 0.29) is 24.7 Å². The normalized spacial score (nSPS) is 10.8. The van der Waals surface area contributed by atoms with Gasteiger partial charge in [-0.15, -0.1) is 0 Å². The van der Waals surface area contributed by atoms with E-state index < -0.39 is 4.92 Å². The van der Waals surface area contributed by atoms with Crippen LogP contribution in [0, 0.1) is 15.9 Å². The lowest BCUT2D eigenvalue weighted by Gasteiger charge is -2.12. The number of nitro groups is 1. The van der Waals surface area contributed by atoms with Crippen LogP contribution in [0.2, 0.25) is 0 Å². The Balaban J connectivity index is 1.61. The van der Waals surface area contributed by atoms with Crippen molar-refractivity contribution in [1.82, 2.24) is 0 Å². The molecule has 0 N–H and O–H groups in total. The Kier molecular flexibility index (Phi) is 7.53. The van der Waals surface area contributed by atoms with E-state index in [1.54, 1.807) is 42.5 Å². The van der Waals surface area contributed by atoms with Crippen LogP contribution in [0.25, 0.3) is 0 Å². The highest BCUT2D eigenvalue weighted by Crippen LogP contribution is 2.29. The Morgan fingerprint density at radius 2 is 1.77 bits per heavy atom. The SMILES string of the molecule is CCOc1cc(/C=N\OCc2cccc([N+](=O)[O-])c2)ccc1OCc1ccc(F)cc1. The van der Waals surface area contributed by atoms with Crippen molar-refractivity contribution in [3.05, 3.63) is 99.4 Å². The molecule has 3 aromatic carbocycles. The highest BCUT2D eigenvalue weighted by Gasteiger charge is 2.08. The van der Waals surface area contributed by atoms with E-state index in [9.17, 15) is 14.5 Å². The maximum atomic E-state index is 13.0. The Morgan fingerprint density at radius 3 is 2.52 bits per heavy atom. The van der Waals surface area contributed by atoms with Crippen molar-refractivity contribution >= 4 is 11.9 Å². The molecule has 0 fully saturated rings. The van der Waals surface area contributed by atoms with Gasteiger partial charge in [-0.2, -0.15) is 0 Å². The summed E-state index contributed by atoms with van der Waals surface area (Å²) >= 11 is 0. The summed E-state index contributed by atoms with van der Waals surface area (Å²) in [5, 5.41) is 14.7. The number of halogens is 1. The Hall–Kier alpha value is -3.94. The van der Waals surface area contributed by atoms with Crippen molar-refractivity contribution in [1.29, 1.82) is 0 Å². The summed E-state index contributed by atoms with van der Waals surface area (Å²) in [7, 11) is 0. The molecule has 0 saturated heterocycles. The Morgan fingerprint density at radius 1 is 0.968 bits per heavy atom. The van der Waals surface area contributed by atoms with Gasteiger partial charge < -0.3 is 14.3 Å². The monoisotopic (exact) mass is 424 g/mol. The van der Waals surface area contributed by atoms with E-state index in [2.05, 4.69) is 5.16 Å². The van der Waals surface area contributed by atoms with Crippen LogP contribution in [-0.4, -0.2) is 17.7 Å². The van der Waals surface area contributed by atoms with E-state index in [1.807, 2.05) is 6.92 Å². The van der Waals surface area contributed by atoms with Gasteiger partial charge in [0.2, 0.25) is 0 Å². The van der Waals surface area contributed by atoms with Crippen molar-refractivity contribution in [2.45, 2.75) is 20.1 Å². The van der Waals surface area contributed by atoms with Crippen molar-refractivity contribution in [3.8, 4) is 11.5 Å². The smallest absolute Gasteiger partial charge is 0.269 e. The quantitative estimate of drug-likeness (QED) is 0.252. The van der Waals surface area contributed by atoms with Crippen LogP contribution in [0.15, 0.2) is 71.9 Å². The molecule has 3 rings (SSSR count). The number of non-ortho nitro benzene ring substituents is 1. The first kappa shape index (κ1) is 21.8. The summed E-state index contributed by atoms with van der Waals surface area (Å²) < 4.78 is 24.5. The lowest BCUT2D eigenvalue weighted by molar-refractivity contribution is -0.384. The van der Waals surface area contributed by atoms with Crippen molar-refractivity contribution < 1.29 is 23.6 Å². The van der Waals surface area contributed by atoms with Crippen molar-refractivity contribution in [2.75, 3.05) is 6.61 Å². The number of hydrogen-bond donors (Lipinski definition) is 0. The zero-order chi connectivity index (χ0) is 22.1. The summed E-state index contributed by atoms with van der Waals surface area (Å²) in [5.74, 6) is 0.809. The molecular formula is C23H21FN2O5. The van der Waals surface area contributed by atoms with Gasteiger partial charge in [0.05, 0.1) is 17.7 Å². The molecule has 0 unspecified atom stereocenters. The second-order valence-electron chi connectivity index (χ2n) is 6.49. The molecule has 0 aliphatic heterocycles. The first-order valence-corrected chi connectivity index (χ1v) is 9.58. The fourth-order valence-corrected chi connectivity index (χ4v) is 2.70. The lowest BCUT2D eigenvalue weighted by Crippen LogP contribution is -2.00. The Labute approximate surface area is 178 Å². The predicted molar refractivity (Wildman–Crippen MR) is 114 cm³/mol. The number of rotatable bonds is 10. The average molecular weight is 424 g/mol. The lowest BCUT2D eigenvalue weighted by atomic mass is 10.2. The van der Waals surface area contributed by atoms with Crippen molar-refractivity contribution in [3.63, 3.8) is 0 Å². The zero-order valence-corrected chi connectivity index (χ0v) is 16.9. The summed E-state index contributed by atoms with van der Waals surface area (Å²) in [6.45, 7) is 2.71. The largest absolute Gasteiger partial charge is 0.490 e. The molecule has 8 heteroatoms. The first-order valence-electron chi connectivity index (χ1n) is 9.58. The van der Waals surface area contributed by atoms with Gasteiger partial charge in [-0.3, -0.25) is 10.1 Å². The third-order valence-electron chi connectivity index (χ3n) is 4.20. The number of benzene rings is 3. The molecule has 0 spiro atoms. The number of nitro benzene ring substituents is 1. The highest BCUT2D eigenvalue weighted by molar-refractivity contribution is 5.80. The first-order chi connectivity index (χ1) is 15.0. The molecular weight excluding hydrogens is 403 g/mol. The van der Waals surface area contributed by atoms with Gasteiger partial charge in [0, 0.05) is 17.7 Å². The molecule has 0 saturated carbocycles. The molecule has 3 aromatic rings. The maximum absolute atomic E-state index is 13.0. The fourth-order valence-electron chi connectivity index (χ4n) is 2.70. The second-order valence-corrected chi connectivity index (χ2v) is 6.49. The van der Waals surface area contributed by atoms with Gasteiger partial charge in [-0.05, 0) is 48.4 Å². The fraction of sp³-hybridized carbons (Fsp3) is 0.174. The van der Waals surface area contributed by atoms with Crippen LogP contribution >= 0.6 is 0 Å². The Bertz CT molecular complexity index is 1050. The zero-order valence-electron chi connectivity index (χ0n) is 16.9. The van der Waals surface area contributed by atoms with Gasteiger partial charge in [-0.25, -0.2) is 4.39 Å². The molecule has 0 aliphatic carbocycles. The minimum absolute atomic E-state index is 0.00246. The molecule has 0 atom stereocenters. The van der Waals surface area contributed by atoms with Gasteiger partial charge in [0.25, 0.3) is 5.69 Å². The van der Waals surface area contributed by atoms with Gasteiger partial charge >= 0.3 is 0 Å². The maximum Gasteiger partial charge on any atom is 0.269 e. The van der Waals surface area contributed by atoms with Crippen LogP contribution in [0.4, 0.5) is 10.1 Å². The van der Waals surface area contributed by atoms with E-state index in [0.29, 0.717) is 23.7 Å². The van der Waals surface area contributed by atoms with E-state index in [0.717, 1.165) is 11.1 Å². The number of ether oxygens (including phenoxy) is 2. The second kappa shape index (κ2) is 10.7. The van der Waals surface area contributed by atoms with E-state index in [1.165, 1.54) is 30.5 Å². The standard InChI is InChI=1S/C23H21FN2O5/c1-2-29-23-13-18(8-11-22(23)30-15-17-6-9-20(24)10-7-17)14-25-31-16-19-4-3-5-21(12-19)26(27)28/h3-14H,2,15-16H2,1H3/b25-14-. The predicted octanol–water partition coefficient (Wildman–Crippen LogP) is 5.26. The van der Waals surface area contributed by atoms with Crippen LogP contribution in [0.5, 0.6) is 11.5 Å². The average Bonchev–Trinajstić information content (AvgIpc) is 2.77. The number of oxime groups is 1. The molecule has 0 aliphatic rings. The topological polar surface area (TPSA) is 83.2 Å². The third kappa shape index (κ3) is 6.53. The minimum Gasteiger partial charge on any atom is -0.490 e. The van der Waals surface area contributed by atoms with Crippen LogP contribution < -0.4 is 9.47 Å². The minimum atomic E-state index is -0.457. The number of nitrogens with zero attached hydrogens (tertiary/aromatic N) is 2. The van der Waals surface area contributed by atoms with Crippen LogP contribution in [0.1, 0.15) is 23.6 Å². The molecule has 160 valence electrons. The summed E-state index contributed by atoms with van der Waals surface area (Å²) in [5.41, 5.74) is 2.22. The molecule has 0 bridgehead atoms. The van der Waals surface area contributed by atoms with Crippen LogP contribution in [-0.2, 0) is 18.1 Å². The molecule has 0 radical (unpaired) electrons. The third-order valence-corrected chi connectivity index (χ3v) is 4.20.